The van der Waals surface area contributed by atoms with Crippen LogP contribution in [0.3, 0.4) is 0 Å². The van der Waals surface area contributed by atoms with Crippen LogP contribution in [0, 0.1) is 0 Å². The van der Waals surface area contributed by atoms with Gasteiger partial charge < -0.3 is 10.2 Å². The first-order valence-corrected chi connectivity index (χ1v) is 28.0. The van der Waals surface area contributed by atoms with Crippen LogP contribution in [0.2, 0.25) is 0 Å². The molecular weight excluding hydrogens is 849 g/mol. The lowest BCUT2D eigenvalue weighted by Gasteiger charge is -2.47. The van der Waals surface area contributed by atoms with Gasteiger partial charge in [0.05, 0.1) is 17.1 Å². The van der Waals surface area contributed by atoms with Crippen molar-refractivity contribution < 1.29 is 0 Å². The van der Waals surface area contributed by atoms with Crippen LogP contribution in [-0.2, 0) is 5.41 Å². The van der Waals surface area contributed by atoms with E-state index in [9.17, 15) is 0 Å². The van der Waals surface area contributed by atoms with Crippen LogP contribution in [0.5, 0.6) is 0 Å². The van der Waals surface area contributed by atoms with Crippen LogP contribution >= 0.6 is 20.1 Å². The molecule has 0 aromatic heterocycles. The minimum atomic E-state index is -1.17. The van der Waals surface area contributed by atoms with E-state index in [-0.39, 0.29) is 5.41 Å². The molecule has 342 valence electrons. The van der Waals surface area contributed by atoms with Crippen molar-refractivity contribution in [2.24, 2.45) is 0 Å². The molecule has 67 heavy (non-hydrogen) atoms. The fourth-order valence-corrected chi connectivity index (χ4v) is 18.3. The summed E-state index contributed by atoms with van der Waals surface area (Å²) >= 11 is 0. The topological polar surface area (TPSA) is 15.3 Å². The van der Waals surface area contributed by atoms with E-state index in [1.807, 2.05) is 6.08 Å². The molecule has 2 heterocycles. The lowest BCUT2D eigenvalue weighted by atomic mass is 9.81. The summed E-state index contributed by atoms with van der Waals surface area (Å²) in [7, 11) is -2.23. The van der Waals surface area contributed by atoms with Gasteiger partial charge >= 0.3 is 0 Å². The van der Waals surface area contributed by atoms with E-state index < -0.39 is 20.1 Å². The van der Waals surface area contributed by atoms with Gasteiger partial charge in [-0.05, 0) is 160 Å². The molecule has 2 aliphatic heterocycles. The van der Waals surface area contributed by atoms with Crippen molar-refractivity contribution in [1.82, 2.24) is 0 Å². The SMILES string of the molecule is C=C.C=C/C=C(\C)S1(c2ccccc2Nc2cccc(-c3ccc(/C=C/C(=C)/C=C4\C(=C)c5ccc(N6c7ccccc7S(C)(CCCC)c7ccccc76)cc5C4(C)C)cc3)c2)CCCC1. The Labute approximate surface area is 405 Å². The zero-order valence-electron chi connectivity index (χ0n) is 40.4. The van der Waals surface area contributed by atoms with Gasteiger partial charge in [0, 0.05) is 31.5 Å². The first-order chi connectivity index (χ1) is 32.5. The van der Waals surface area contributed by atoms with E-state index in [4.69, 9.17) is 0 Å². The predicted molar refractivity (Wildman–Crippen MR) is 301 cm³/mol. The summed E-state index contributed by atoms with van der Waals surface area (Å²) in [5, 5.41) is 3.84. The molecule has 2 nitrogen and oxygen atoms in total. The highest BCUT2D eigenvalue weighted by molar-refractivity contribution is 8.37. The van der Waals surface area contributed by atoms with Gasteiger partial charge in [0.1, 0.15) is 0 Å². The molecule has 1 saturated heterocycles. The number of para-hydroxylation sites is 3. The van der Waals surface area contributed by atoms with Crippen molar-refractivity contribution in [3.63, 3.8) is 0 Å². The standard InChI is InChI=1S/C61H64N2S2.C2H4/c1-9-11-38-64(8)59-28-16-13-25-56(59)63(57-26-14-17-29-60(57)64)51-36-37-52-46(5)53(61(6,7)54(52)43-51)41-44(3)30-31-47-32-34-48(35-33-47)49-22-20-23-50(42-49)62-55-24-12-15-27-58(55)65(39-18-19-40-65)45(4)21-10-2;1-2/h10,12-17,20-37,41-43,62H,2-3,5,9,11,18-19,38-40H2,1,4,6-8H3;1-2H2/b31-30+,45-21+,53-41+;. The minimum Gasteiger partial charge on any atom is -0.355 e. The average Bonchev–Trinajstić information content (AvgIpc) is 3.93. The Hall–Kier alpha value is -6.20. The zero-order chi connectivity index (χ0) is 47.3. The summed E-state index contributed by atoms with van der Waals surface area (Å²) in [4.78, 5) is 8.41. The second kappa shape index (κ2) is 20.0. The van der Waals surface area contributed by atoms with Crippen LogP contribution in [0.15, 0.2) is 227 Å². The number of hydrogen-bond acceptors (Lipinski definition) is 2. The maximum absolute atomic E-state index is 4.66. The van der Waals surface area contributed by atoms with Crippen LogP contribution in [-0.4, -0.2) is 23.5 Å². The number of rotatable bonds is 13. The molecule has 0 bridgehead atoms. The number of benzene rings is 6. The van der Waals surface area contributed by atoms with Crippen LogP contribution in [0.1, 0.15) is 70.1 Å². The lowest BCUT2D eigenvalue weighted by Crippen LogP contribution is -2.22. The minimum absolute atomic E-state index is 0.247. The Morgan fingerprint density at radius 3 is 2.06 bits per heavy atom. The molecule has 9 rings (SSSR count). The molecule has 6 aromatic rings. The number of nitrogens with one attached hydrogen (secondary N) is 1. The molecule has 0 unspecified atom stereocenters. The number of nitrogens with zero attached hydrogens (tertiary/aromatic N) is 1. The molecule has 6 aromatic carbocycles. The summed E-state index contributed by atoms with van der Waals surface area (Å²) in [6.45, 7) is 28.5. The molecule has 4 heteroatoms. The first kappa shape index (κ1) is 47.3. The number of allylic oxidation sites excluding steroid dienone is 8. The zero-order valence-corrected chi connectivity index (χ0v) is 42.0. The lowest BCUT2D eigenvalue weighted by molar-refractivity contribution is 0.660. The number of hydrogen-bond donors (Lipinski definition) is 1. The van der Waals surface area contributed by atoms with E-state index in [1.165, 1.54) is 113 Å². The molecule has 0 amide bonds. The van der Waals surface area contributed by atoms with Gasteiger partial charge in [0.2, 0.25) is 0 Å². The molecule has 0 spiro atoms. The normalized spacial score (nSPS) is 18.0. The van der Waals surface area contributed by atoms with Crippen molar-refractivity contribution in [3.8, 4) is 11.1 Å². The third-order valence-corrected chi connectivity index (χ3v) is 22.3. The van der Waals surface area contributed by atoms with Crippen LogP contribution in [0.4, 0.5) is 28.4 Å². The summed E-state index contributed by atoms with van der Waals surface area (Å²) < 4.78 is 0. The first-order valence-electron chi connectivity index (χ1n) is 23.8. The monoisotopic (exact) mass is 916 g/mol. The predicted octanol–water partition coefficient (Wildman–Crippen LogP) is 18.9. The smallest absolute Gasteiger partial charge is 0.0586 e. The molecule has 0 saturated carbocycles. The van der Waals surface area contributed by atoms with Crippen LogP contribution < -0.4 is 10.2 Å². The van der Waals surface area contributed by atoms with Gasteiger partial charge in [0.25, 0.3) is 0 Å². The molecular formula is C63H68N2S2. The van der Waals surface area contributed by atoms with Crippen LogP contribution in [0.25, 0.3) is 22.8 Å². The second-order valence-corrected chi connectivity index (χ2v) is 25.7. The van der Waals surface area contributed by atoms with E-state index >= 15 is 0 Å². The van der Waals surface area contributed by atoms with Crippen molar-refractivity contribution in [2.45, 2.75) is 73.5 Å². The highest BCUT2D eigenvalue weighted by Gasteiger charge is 2.40. The maximum Gasteiger partial charge on any atom is 0.0586 e. The third kappa shape index (κ3) is 8.90. The number of unbranched alkanes of at least 4 members (excludes halogenated alkanes) is 1. The largest absolute Gasteiger partial charge is 0.355 e. The number of anilines is 5. The number of fused-ring (bicyclic) bond motifs is 3. The van der Waals surface area contributed by atoms with E-state index in [2.05, 4.69) is 241 Å². The van der Waals surface area contributed by atoms with Crippen molar-refractivity contribution in [2.75, 3.05) is 33.7 Å². The van der Waals surface area contributed by atoms with Gasteiger partial charge in [-0.1, -0.05) is 156 Å². The van der Waals surface area contributed by atoms with Gasteiger partial charge in [-0.25, -0.2) is 0 Å². The van der Waals surface area contributed by atoms with E-state index in [0.29, 0.717) is 0 Å². The highest BCUT2D eigenvalue weighted by Crippen LogP contribution is 2.70. The Morgan fingerprint density at radius 2 is 1.40 bits per heavy atom. The van der Waals surface area contributed by atoms with E-state index in [1.54, 1.807) is 0 Å². The van der Waals surface area contributed by atoms with Crippen molar-refractivity contribution >= 4 is 60.1 Å². The maximum atomic E-state index is 4.66. The van der Waals surface area contributed by atoms with Crippen molar-refractivity contribution in [1.29, 1.82) is 0 Å². The molecule has 0 radical (unpaired) electrons. The Morgan fingerprint density at radius 1 is 0.761 bits per heavy atom. The Bertz CT molecular complexity index is 2870. The molecule has 1 fully saturated rings. The molecule has 3 aliphatic rings. The molecule has 0 atom stereocenters. The highest BCUT2D eigenvalue weighted by atomic mass is 32.3. The molecule has 1 N–H and O–H groups in total. The third-order valence-electron chi connectivity index (χ3n) is 14.1. The van der Waals surface area contributed by atoms with Gasteiger partial charge in [0.15, 0.2) is 0 Å². The summed E-state index contributed by atoms with van der Waals surface area (Å²) in [5.41, 5.74) is 15.1. The fourth-order valence-electron chi connectivity index (χ4n) is 10.5. The Balaban J connectivity index is 0.00000300. The fraction of sp³-hybridized carbons (Fsp3) is 0.206. The van der Waals surface area contributed by atoms with Crippen molar-refractivity contribution in [3.05, 3.63) is 229 Å². The quantitative estimate of drug-likeness (QED) is 0.0917. The Kier molecular flexibility index (Phi) is 14.1. The summed E-state index contributed by atoms with van der Waals surface area (Å²) in [5.74, 6) is 3.71. The van der Waals surface area contributed by atoms with Gasteiger partial charge in [-0.15, -0.1) is 13.2 Å². The van der Waals surface area contributed by atoms with Gasteiger partial charge in [-0.3, -0.25) is 0 Å². The summed E-state index contributed by atoms with van der Waals surface area (Å²) in [6, 6.07) is 51.8. The van der Waals surface area contributed by atoms with Gasteiger partial charge in [-0.2, -0.15) is 20.1 Å². The average molecular weight is 917 g/mol. The molecule has 1 aliphatic carbocycles. The van der Waals surface area contributed by atoms with E-state index in [0.717, 1.165) is 22.4 Å². The summed E-state index contributed by atoms with van der Waals surface area (Å²) in [6.07, 6.45) is 18.3. The second-order valence-electron chi connectivity index (χ2n) is 18.6.